The summed E-state index contributed by atoms with van der Waals surface area (Å²) in [6.07, 6.45) is 4.14. The second kappa shape index (κ2) is 9.92. The number of hydrogen-bond acceptors (Lipinski definition) is 6. The van der Waals surface area contributed by atoms with E-state index in [-0.39, 0.29) is 18.0 Å². The van der Waals surface area contributed by atoms with E-state index in [1.165, 1.54) is 7.11 Å². The summed E-state index contributed by atoms with van der Waals surface area (Å²) in [6.45, 7) is 2.08. The molecule has 1 unspecified atom stereocenters. The molecule has 2 aliphatic rings. The number of imidazole rings is 1. The summed E-state index contributed by atoms with van der Waals surface area (Å²) in [5.41, 5.74) is 5.37. The molecule has 5 rings (SSSR count). The number of benzene rings is 2. The van der Waals surface area contributed by atoms with Gasteiger partial charge in [0.1, 0.15) is 5.82 Å². The molecule has 0 amide bonds. The fourth-order valence-corrected chi connectivity index (χ4v) is 6.03. The van der Waals surface area contributed by atoms with E-state index < -0.39 is 12.4 Å². The van der Waals surface area contributed by atoms with Crippen LogP contribution in [0, 0.1) is 17.2 Å². The predicted octanol–water partition coefficient (Wildman–Crippen LogP) is 4.38. The Morgan fingerprint density at radius 3 is 2.81 bits per heavy atom. The lowest BCUT2D eigenvalue weighted by atomic mass is 9.85. The lowest BCUT2D eigenvalue weighted by Crippen LogP contribution is -2.45. The number of ether oxygens (including phenoxy) is 1. The van der Waals surface area contributed by atoms with Crippen LogP contribution >= 0.6 is 0 Å². The number of anilines is 1. The number of fused-ring (bicyclic) bond motifs is 3. The van der Waals surface area contributed by atoms with Gasteiger partial charge in [0.2, 0.25) is 6.41 Å². The Bertz CT molecular complexity index is 1330. The third-order valence-electron chi connectivity index (χ3n) is 7.88. The number of aryl methyl sites for hydroxylation is 1. The molecule has 188 valence electrons. The highest BCUT2D eigenvalue weighted by molar-refractivity contribution is 5.86. The van der Waals surface area contributed by atoms with Crippen molar-refractivity contribution in [2.24, 2.45) is 5.92 Å². The smallest absolute Gasteiger partial charge is 0.306 e. The van der Waals surface area contributed by atoms with Crippen molar-refractivity contribution < 1.29 is 19.7 Å². The molecule has 1 saturated carbocycles. The summed E-state index contributed by atoms with van der Waals surface area (Å²) in [7, 11) is 1.49. The van der Waals surface area contributed by atoms with Crippen LogP contribution in [0.15, 0.2) is 36.4 Å². The van der Waals surface area contributed by atoms with Crippen molar-refractivity contribution in [1.29, 1.82) is 5.26 Å². The Morgan fingerprint density at radius 1 is 1.25 bits per heavy atom. The van der Waals surface area contributed by atoms with Crippen molar-refractivity contribution >= 4 is 22.7 Å². The second-order valence-corrected chi connectivity index (χ2v) is 9.99. The van der Waals surface area contributed by atoms with Crippen molar-refractivity contribution in [1.82, 2.24) is 9.55 Å². The molecular formula is C28H32N4O4. The Hall–Kier alpha value is -3.41. The van der Waals surface area contributed by atoms with E-state index in [9.17, 15) is 20.3 Å². The van der Waals surface area contributed by atoms with Crippen molar-refractivity contribution in [3.8, 4) is 6.07 Å². The van der Waals surface area contributed by atoms with Gasteiger partial charge in [-0.15, -0.1) is 0 Å². The molecule has 1 fully saturated rings. The monoisotopic (exact) mass is 488 g/mol. The molecule has 2 heterocycles. The van der Waals surface area contributed by atoms with Gasteiger partial charge in [-0.1, -0.05) is 24.6 Å². The van der Waals surface area contributed by atoms with Crippen molar-refractivity contribution in [3.63, 3.8) is 0 Å². The number of rotatable bonds is 6. The van der Waals surface area contributed by atoms with E-state index in [2.05, 4.69) is 17.6 Å². The number of carboxylic acids is 1. The van der Waals surface area contributed by atoms with Gasteiger partial charge in [-0.3, -0.25) is 4.79 Å². The maximum Gasteiger partial charge on any atom is 0.306 e. The average molecular weight is 489 g/mol. The van der Waals surface area contributed by atoms with Crippen molar-refractivity contribution in [3.05, 3.63) is 58.9 Å². The molecular weight excluding hydrogens is 456 g/mol. The molecule has 0 radical (unpaired) electrons. The molecule has 8 nitrogen and oxygen atoms in total. The molecule has 3 aromatic rings. The number of hydrogen-bond donors (Lipinski definition) is 2. The molecule has 36 heavy (non-hydrogen) atoms. The number of aliphatic carboxylic acids is 1. The second-order valence-electron chi connectivity index (χ2n) is 9.99. The van der Waals surface area contributed by atoms with Crippen molar-refractivity contribution in [2.45, 2.75) is 70.4 Å². The number of nitriles is 1. The van der Waals surface area contributed by atoms with Crippen LogP contribution in [0.2, 0.25) is 0 Å². The Balaban J connectivity index is 1.67. The molecule has 0 bridgehead atoms. The quantitative estimate of drug-likeness (QED) is 0.495. The summed E-state index contributed by atoms with van der Waals surface area (Å²) < 4.78 is 7.49. The zero-order valence-corrected chi connectivity index (χ0v) is 20.7. The summed E-state index contributed by atoms with van der Waals surface area (Å²) >= 11 is 0. The molecule has 8 heteroatoms. The predicted molar refractivity (Wildman–Crippen MR) is 136 cm³/mol. The van der Waals surface area contributed by atoms with Gasteiger partial charge in [0.15, 0.2) is 0 Å². The van der Waals surface area contributed by atoms with Gasteiger partial charge in [0, 0.05) is 36.9 Å². The summed E-state index contributed by atoms with van der Waals surface area (Å²) in [5, 5.41) is 29.9. The lowest BCUT2D eigenvalue weighted by Gasteiger charge is -2.39. The number of aromatic nitrogens is 2. The fraction of sp³-hybridized carbons (Fsp3) is 0.464. The van der Waals surface area contributed by atoms with E-state index in [1.54, 1.807) is 0 Å². The highest BCUT2D eigenvalue weighted by Gasteiger charge is 2.34. The zero-order chi connectivity index (χ0) is 25.4. The first-order chi connectivity index (χ1) is 17.4. The van der Waals surface area contributed by atoms with Gasteiger partial charge in [-0.05, 0) is 62.8 Å². The molecule has 1 aromatic heterocycles. The molecule has 2 N–H and O–H groups in total. The zero-order valence-electron chi connectivity index (χ0n) is 20.7. The minimum atomic E-state index is -1.05. The van der Waals surface area contributed by atoms with Crippen LogP contribution < -0.4 is 4.90 Å². The molecule has 4 atom stereocenters. The summed E-state index contributed by atoms with van der Waals surface area (Å²) in [4.78, 5) is 18.9. The minimum absolute atomic E-state index is 0.0235. The van der Waals surface area contributed by atoms with Gasteiger partial charge < -0.3 is 24.4 Å². The first-order valence-electron chi connectivity index (χ1n) is 12.7. The number of aliphatic hydroxyl groups excluding tert-OH is 1. The topological polar surface area (TPSA) is 112 Å². The van der Waals surface area contributed by atoms with Crippen LogP contribution in [0.1, 0.15) is 67.6 Å². The SMILES string of the molecule is COC(O)N1c2ccc3c(nc(Cc4ccccc4C#N)n3[C@@H]3CCC[C@@H](C(=O)O)C3)c2CC[C@@H]1C. The number of aliphatic hydroxyl groups is 1. The van der Waals surface area contributed by atoms with E-state index >= 15 is 0 Å². The highest BCUT2D eigenvalue weighted by Crippen LogP contribution is 2.41. The van der Waals surface area contributed by atoms with Crippen LogP contribution in [-0.4, -0.2) is 45.3 Å². The van der Waals surface area contributed by atoms with Gasteiger partial charge in [0.25, 0.3) is 0 Å². The molecule has 0 spiro atoms. The van der Waals surface area contributed by atoms with Crippen LogP contribution in [0.5, 0.6) is 0 Å². The Labute approximate surface area is 210 Å². The van der Waals surface area contributed by atoms with Crippen LogP contribution in [0.4, 0.5) is 5.69 Å². The molecule has 1 aliphatic carbocycles. The maximum absolute atomic E-state index is 11.8. The minimum Gasteiger partial charge on any atom is -0.481 e. The van der Waals surface area contributed by atoms with Gasteiger partial charge in [-0.25, -0.2) is 4.98 Å². The van der Waals surface area contributed by atoms with E-state index in [4.69, 9.17) is 9.72 Å². The van der Waals surface area contributed by atoms with Crippen molar-refractivity contribution in [2.75, 3.05) is 12.0 Å². The van der Waals surface area contributed by atoms with Gasteiger partial charge in [-0.2, -0.15) is 5.26 Å². The average Bonchev–Trinajstić information content (AvgIpc) is 3.26. The number of carboxylic acid groups (broad SMARTS) is 1. The largest absolute Gasteiger partial charge is 0.481 e. The summed E-state index contributed by atoms with van der Waals surface area (Å²) in [6, 6.07) is 14.0. The first kappa shape index (κ1) is 24.3. The molecule has 1 aliphatic heterocycles. The standard InChI is InChI=1S/C28H32N4O4/c1-17-10-11-22-23(31(17)28(35)36-2)12-13-24-26(22)30-25(15-18-6-3-4-7-20(18)16-29)32(24)21-9-5-8-19(14-21)27(33)34/h3-4,6-7,12-13,17,19,21,28,35H,5,8-11,14-15H2,1-2H3,(H,33,34)/t17-,19+,21+,28?/m0/s1. The lowest BCUT2D eigenvalue weighted by molar-refractivity contribution is -0.143. The number of methoxy groups -OCH3 is 1. The number of nitrogens with zero attached hydrogens (tertiary/aromatic N) is 4. The van der Waals surface area contributed by atoms with E-state index in [1.807, 2.05) is 41.3 Å². The Kier molecular flexibility index (Phi) is 6.69. The summed E-state index contributed by atoms with van der Waals surface area (Å²) in [5.74, 6) is -0.267. The fourth-order valence-electron chi connectivity index (χ4n) is 6.03. The van der Waals surface area contributed by atoms with Crippen LogP contribution in [-0.2, 0) is 22.4 Å². The third-order valence-corrected chi connectivity index (χ3v) is 7.88. The van der Waals surface area contributed by atoms with Crippen LogP contribution in [0.25, 0.3) is 11.0 Å². The molecule has 0 saturated heterocycles. The maximum atomic E-state index is 11.8. The Morgan fingerprint density at radius 2 is 2.06 bits per heavy atom. The van der Waals surface area contributed by atoms with Gasteiger partial charge >= 0.3 is 5.97 Å². The first-order valence-corrected chi connectivity index (χ1v) is 12.7. The number of carbonyl (C=O) groups is 1. The third kappa shape index (κ3) is 4.23. The van der Waals surface area contributed by atoms with E-state index in [0.29, 0.717) is 24.8 Å². The van der Waals surface area contributed by atoms with Gasteiger partial charge in [0.05, 0.1) is 28.6 Å². The molecule has 2 aromatic carbocycles. The van der Waals surface area contributed by atoms with Crippen LogP contribution in [0.3, 0.4) is 0 Å². The van der Waals surface area contributed by atoms with E-state index in [0.717, 1.165) is 59.4 Å². The highest BCUT2D eigenvalue weighted by atomic mass is 16.6. The normalized spacial score (nSPS) is 22.7.